The summed E-state index contributed by atoms with van der Waals surface area (Å²) in [7, 11) is 0. The molecule has 0 amide bonds. The molecule has 0 unspecified atom stereocenters. The number of halogens is 1. The molecular formula is C10H7IO2. The molecule has 0 spiro atoms. The van der Waals surface area contributed by atoms with Crippen LogP contribution in [-0.2, 0) is 6.42 Å². The van der Waals surface area contributed by atoms with E-state index in [0.29, 0.717) is 6.79 Å². The first-order valence-electron chi connectivity index (χ1n) is 3.87. The lowest BCUT2D eigenvalue weighted by atomic mass is 10.1. The van der Waals surface area contributed by atoms with Crippen LogP contribution in [0.2, 0.25) is 0 Å². The Morgan fingerprint density at radius 1 is 1.31 bits per heavy atom. The number of benzene rings is 1. The fraction of sp³-hybridized carbons (Fsp3) is 0.200. The number of rotatable bonds is 1. The number of fused-ring (bicyclic) bond motifs is 1. The zero-order chi connectivity index (χ0) is 9.10. The third-order valence-electron chi connectivity index (χ3n) is 1.80. The first-order valence-corrected chi connectivity index (χ1v) is 4.95. The van der Waals surface area contributed by atoms with Crippen molar-refractivity contribution in [2.45, 2.75) is 6.42 Å². The van der Waals surface area contributed by atoms with Crippen LogP contribution in [0.25, 0.3) is 0 Å². The molecule has 0 aromatic heterocycles. The minimum atomic E-state index is 0.330. The third-order valence-corrected chi connectivity index (χ3v) is 2.18. The van der Waals surface area contributed by atoms with Gasteiger partial charge < -0.3 is 9.47 Å². The molecule has 1 heterocycles. The summed E-state index contributed by atoms with van der Waals surface area (Å²) in [6.07, 6.45) is 0.763. The van der Waals surface area contributed by atoms with Crippen molar-refractivity contribution >= 4 is 22.6 Å². The molecule has 0 aliphatic carbocycles. The number of hydrogen-bond donors (Lipinski definition) is 0. The molecule has 1 aliphatic rings. The molecule has 3 heteroatoms. The van der Waals surface area contributed by atoms with E-state index >= 15 is 0 Å². The van der Waals surface area contributed by atoms with Crippen molar-refractivity contribution < 1.29 is 9.47 Å². The van der Waals surface area contributed by atoms with Gasteiger partial charge in [-0.1, -0.05) is 12.0 Å². The Labute approximate surface area is 90.4 Å². The Morgan fingerprint density at radius 2 is 2.15 bits per heavy atom. The Bertz CT molecular complexity index is 376. The highest BCUT2D eigenvalue weighted by atomic mass is 127. The van der Waals surface area contributed by atoms with Crippen molar-refractivity contribution in [3.8, 4) is 21.3 Å². The van der Waals surface area contributed by atoms with E-state index in [1.807, 2.05) is 40.8 Å². The standard InChI is InChI=1S/C10H7IO2/c11-5-1-2-8-3-4-9-10(6-8)13-7-12-9/h3-4,6H,2,7H2. The van der Waals surface area contributed by atoms with Gasteiger partial charge in [0.15, 0.2) is 11.5 Å². The molecule has 1 aromatic rings. The molecule has 0 bridgehead atoms. The summed E-state index contributed by atoms with van der Waals surface area (Å²) < 4.78 is 13.3. The van der Waals surface area contributed by atoms with E-state index < -0.39 is 0 Å². The van der Waals surface area contributed by atoms with Crippen LogP contribution in [0.5, 0.6) is 11.5 Å². The zero-order valence-electron chi connectivity index (χ0n) is 6.84. The van der Waals surface area contributed by atoms with Gasteiger partial charge in [0.05, 0.1) is 0 Å². The highest BCUT2D eigenvalue weighted by Crippen LogP contribution is 2.32. The lowest BCUT2D eigenvalue weighted by molar-refractivity contribution is 0.174. The van der Waals surface area contributed by atoms with E-state index in [0.717, 1.165) is 23.5 Å². The van der Waals surface area contributed by atoms with Crippen molar-refractivity contribution in [2.24, 2.45) is 0 Å². The molecule has 0 radical (unpaired) electrons. The van der Waals surface area contributed by atoms with Gasteiger partial charge >= 0.3 is 0 Å². The molecule has 1 aliphatic heterocycles. The van der Waals surface area contributed by atoms with Crippen LogP contribution in [0.15, 0.2) is 18.2 Å². The topological polar surface area (TPSA) is 18.5 Å². The number of ether oxygens (including phenoxy) is 2. The Morgan fingerprint density at radius 3 is 3.00 bits per heavy atom. The largest absolute Gasteiger partial charge is 0.454 e. The maximum atomic E-state index is 5.25. The van der Waals surface area contributed by atoms with Crippen molar-refractivity contribution in [3.05, 3.63) is 23.8 Å². The molecule has 2 nitrogen and oxygen atoms in total. The summed E-state index contributed by atoms with van der Waals surface area (Å²) in [6.45, 7) is 0.330. The molecular weight excluding hydrogens is 279 g/mol. The van der Waals surface area contributed by atoms with E-state index in [4.69, 9.17) is 9.47 Å². The van der Waals surface area contributed by atoms with Gasteiger partial charge in [-0.05, 0) is 21.6 Å². The molecule has 1 aromatic carbocycles. The van der Waals surface area contributed by atoms with Crippen molar-refractivity contribution in [1.82, 2.24) is 0 Å². The van der Waals surface area contributed by atoms with Crippen LogP contribution in [0, 0.1) is 9.85 Å². The van der Waals surface area contributed by atoms with E-state index in [9.17, 15) is 0 Å². The fourth-order valence-electron chi connectivity index (χ4n) is 1.19. The van der Waals surface area contributed by atoms with E-state index in [1.54, 1.807) is 0 Å². The average Bonchev–Trinajstić information content (AvgIpc) is 2.61. The van der Waals surface area contributed by atoms with Crippen LogP contribution in [-0.4, -0.2) is 6.79 Å². The smallest absolute Gasteiger partial charge is 0.231 e. The predicted molar refractivity (Wildman–Crippen MR) is 58.1 cm³/mol. The Kier molecular flexibility index (Phi) is 2.60. The van der Waals surface area contributed by atoms with Gasteiger partial charge in [0, 0.05) is 29.0 Å². The van der Waals surface area contributed by atoms with Gasteiger partial charge in [-0.3, -0.25) is 0 Å². The minimum absolute atomic E-state index is 0.330. The van der Waals surface area contributed by atoms with E-state index in [2.05, 4.69) is 9.85 Å². The first kappa shape index (κ1) is 8.70. The van der Waals surface area contributed by atoms with Crippen LogP contribution >= 0.6 is 22.6 Å². The van der Waals surface area contributed by atoms with Crippen molar-refractivity contribution in [3.63, 3.8) is 0 Å². The molecule has 0 fully saturated rings. The summed E-state index contributed by atoms with van der Waals surface area (Å²) in [4.78, 5) is 0. The maximum Gasteiger partial charge on any atom is 0.231 e. The first-order chi connectivity index (χ1) is 6.40. The summed E-state index contributed by atoms with van der Waals surface area (Å²) in [6, 6.07) is 5.91. The summed E-state index contributed by atoms with van der Waals surface area (Å²) >= 11 is 2.03. The SMILES string of the molecule is IC#CCc1ccc2c(c1)OCO2. The highest BCUT2D eigenvalue weighted by Gasteiger charge is 2.12. The van der Waals surface area contributed by atoms with Gasteiger partial charge in [0.25, 0.3) is 0 Å². The van der Waals surface area contributed by atoms with Crippen LogP contribution in [0.1, 0.15) is 5.56 Å². The third kappa shape index (κ3) is 1.89. The normalized spacial score (nSPS) is 12.1. The fourth-order valence-corrected chi connectivity index (χ4v) is 1.38. The number of hydrogen-bond acceptors (Lipinski definition) is 2. The summed E-state index contributed by atoms with van der Waals surface area (Å²) in [5.74, 6) is 4.65. The molecule has 0 atom stereocenters. The van der Waals surface area contributed by atoms with Crippen LogP contribution in [0.3, 0.4) is 0 Å². The lowest BCUT2D eigenvalue weighted by Gasteiger charge is -1.97. The van der Waals surface area contributed by atoms with E-state index in [-0.39, 0.29) is 0 Å². The van der Waals surface area contributed by atoms with Gasteiger partial charge in [-0.15, -0.1) is 0 Å². The Hall–Kier alpha value is -0.890. The summed E-state index contributed by atoms with van der Waals surface area (Å²) in [5.41, 5.74) is 1.16. The van der Waals surface area contributed by atoms with Gasteiger partial charge in [0.1, 0.15) is 0 Å². The van der Waals surface area contributed by atoms with Crippen molar-refractivity contribution in [2.75, 3.05) is 6.79 Å². The van der Waals surface area contributed by atoms with Gasteiger partial charge in [0.2, 0.25) is 6.79 Å². The molecule has 13 heavy (non-hydrogen) atoms. The second-order valence-electron chi connectivity index (χ2n) is 2.64. The molecule has 0 saturated carbocycles. The molecule has 66 valence electrons. The zero-order valence-corrected chi connectivity index (χ0v) is 9.00. The monoisotopic (exact) mass is 286 g/mol. The van der Waals surface area contributed by atoms with Crippen LogP contribution < -0.4 is 9.47 Å². The second kappa shape index (κ2) is 3.88. The maximum absolute atomic E-state index is 5.25. The van der Waals surface area contributed by atoms with Crippen molar-refractivity contribution in [1.29, 1.82) is 0 Å². The van der Waals surface area contributed by atoms with Gasteiger partial charge in [-0.2, -0.15) is 0 Å². The lowest BCUT2D eigenvalue weighted by Crippen LogP contribution is -1.92. The highest BCUT2D eigenvalue weighted by molar-refractivity contribution is 14.1. The molecule has 0 N–H and O–H groups in total. The minimum Gasteiger partial charge on any atom is -0.454 e. The average molecular weight is 286 g/mol. The predicted octanol–water partition coefficient (Wildman–Crippen LogP) is 2.35. The Balaban J connectivity index is 2.24. The quantitative estimate of drug-likeness (QED) is 0.583. The second-order valence-corrected chi connectivity index (χ2v) is 3.18. The summed E-state index contributed by atoms with van der Waals surface area (Å²) in [5, 5.41) is 0. The van der Waals surface area contributed by atoms with E-state index in [1.165, 1.54) is 0 Å². The van der Waals surface area contributed by atoms with Crippen LogP contribution in [0.4, 0.5) is 0 Å². The molecule has 0 saturated heterocycles. The molecule has 2 rings (SSSR count). The van der Waals surface area contributed by atoms with Gasteiger partial charge in [-0.25, -0.2) is 0 Å².